The number of benzene rings is 1. The minimum Gasteiger partial charge on any atom is -0.367 e. The summed E-state index contributed by atoms with van der Waals surface area (Å²) in [5.74, 6) is 1.07. The van der Waals surface area contributed by atoms with Gasteiger partial charge in [0.05, 0.1) is 11.4 Å². The van der Waals surface area contributed by atoms with Gasteiger partial charge < -0.3 is 9.84 Å². The van der Waals surface area contributed by atoms with Gasteiger partial charge in [-0.15, -0.1) is 0 Å². The van der Waals surface area contributed by atoms with Crippen molar-refractivity contribution >= 4 is 21.5 Å². The third-order valence-corrected chi connectivity index (χ3v) is 6.91. The summed E-state index contributed by atoms with van der Waals surface area (Å²) in [6, 6.07) is 14.6. The third-order valence-electron chi connectivity index (χ3n) is 5.02. The van der Waals surface area contributed by atoms with Crippen LogP contribution >= 0.6 is 0 Å². The Bertz CT molecular complexity index is 999. The minimum absolute atomic E-state index is 0.179. The van der Waals surface area contributed by atoms with Gasteiger partial charge >= 0.3 is 0 Å². The van der Waals surface area contributed by atoms with Gasteiger partial charge in [0.2, 0.25) is 0 Å². The highest BCUT2D eigenvalue weighted by Crippen LogP contribution is 2.37. The monoisotopic (exact) mass is 398 g/mol. The lowest BCUT2D eigenvalue weighted by atomic mass is 9.78. The number of nitrogens with one attached hydrogen (secondary N) is 1. The number of hydrogen-bond acceptors (Lipinski definition) is 6. The molecular formula is C20H22N4O3S. The standard InChI is InChI=1S/C20H22N4O3S/c1-2-24(17-6-4-3-5-7-17)28(25,26)18-8-9-20(21-14-18)22-16-12-15(13-16)19-10-11-27-23-19/h3-11,14-16H,2,12-13H2,1H3,(H,21,22). The first-order chi connectivity index (χ1) is 13.6. The average Bonchev–Trinajstić information content (AvgIpc) is 3.20. The van der Waals surface area contributed by atoms with Gasteiger partial charge in [0, 0.05) is 30.8 Å². The summed E-state index contributed by atoms with van der Waals surface area (Å²) in [5, 5.41) is 7.32. The maximum Gasteiger partial charge on any atom is 0.265 e. The van der Waals surface area contributed by atoms with Gasteiger partial charge in [-0.05, 0) is 44.0 Å². The molecule has 1 saturated carbocycles. The van der Waals surface area contributed by atoms with Gasteiger partial charge in [-0.25, -0.2) is 13.4 Å². The Kier molecular flexibility index (Phi) is 5.04. The van der Waals surface area contributed by atoms with E-state index in [9.17, 15) is 8.42 Å². The maximum atomic E-state index is 13.0. The number of hydrogen-bond donors (Lipinski definition) is 1. The van der Waals surface area contributed by atoms with Gasteiger partial charge in [0.25, 0.3) is 10.0 Å². The van der Waals surface area contributed by atoms with Crippen molar-refractivity contribution < 1.29 is 12.9 Å². The van der Waals surface area contributed by atoms with Crippen molar-refractivity contribution in [1.29, 1.82) is 0 Å². The van der Waals surface area contributed by atoms with Gasteiger partial charge in [-0.1, -0.05) is 23.4 Å². The predicted molar refractivity (Wildman–Crippen MR) is 107 cm³/mol. The van der Waals surface area contributed by atoms with Crippen LogP contribution in [0.4, 0.5) is 11.5 Å². The molecule has 1 aliphatic rings. The van der Waals surface area contributed by atoms with Crippen LogP contribution in [0, 0.1) is 0 Å². The fraction of sp³-hybridized carbons (Fsp3) is 0.300. The van der Waals surface area contributed by atoms with Crippen molar-refractivity contribution in [3.63, 3.8) is 0 Å². The van der Waals surface area contributed by atoms with Gasteiger partial charge in [0.15, 0.2) is 0 Å². The fourth-order valence-corrected chi connectivity index (χ4v) is 4.87. The Balaban J connectivity index is 1.43. The van der Waals surface area contributed by atoms with Gasteiger partial charge in [0.1, 0.15) is 17.0 Å². The highest BCUT2D eigenvalue weighted by atomic mass is 32.2. The number of pyridine rings is 1. The number of aromatic nitrogens is 2. The third kappa shape index (κ3) is 3.60. The van der Waals surface area contributed by atoms with Gasteiger partial charge in [-0.2, -0.15) is 0 Å². The maximum absolute atomic E-state index is 13.0. The molecule has 3 aromatic rings. The second kappa shape index (κ2) is 7.63. The lowest BCUT2D eigenvalue weighted by Gasteiger charge is -2.34. The first-order valence-corrected chi connectivity index (χ1v) is 10.7. The highest BCUT2D eigenvalue weighted by molar-refractivity contribution is 7.92. The van der Waals surface area contributed by atoms with Crippen molar-refractivity contribution in [2.24, 2.45) is 0 Å². The molecule has 7 nitrogen and oxygen atoms in total. The molecule has 0 spiro atoms. The summed E-state index contributed by atoms with van der Waals surface area (Å²) in [7, 11) is -3.66. The molecule has 1 aliphatic carbocycles. The van der Waals surface area contributed by atoms with E-state index in [2.05, 4.69) is 15.5 Å². The normalized spacial score (nSPS) is 19.0. The zero-order valence-corrected chi connectivity index (χ0v) is 16.3. The van der Waals surface area contributed by atoms with Crippen LogP contribution in [0.2, 0.25) is 0 Å². The van der Waals surface area contributed by atoms with Crippen molar-refractivity contribution in [2.45, 2.75) is 36.6 Å². The largest absolute Gasteiger partial charge is 0.367 e. The fourth-order valence-electron chi connectivity index (χ4n) is 3.45. The molecule has 4 rings (SSSR count). The number of para-hydroxylation sites is 1. The lowest BCUT2D eigenvalue weighted by molar-refractivity contribution is 0.339. The van der Waals surface area contributed by atoms with Crippen LogP contribution in [0.5, 0.6) is 0 Å². The van der Waals surface area contributed by atoms with Gasteiger partial charge in [-0.3, -0.25) is 4.31 Å². The molecule has 1 N–H and O–H groups in total. The molecule has 0 saturated heterocycles. The molecule has 28 heavy (non-hydrogen) atoms. The Morgan fingerprint density at radius 3 is 2.54 bits per heavy atom. The Morgan fingerprint density at radius 1 is 1.14 bits per heavy atom. The van der Waals surface area contributed by atoms with E-state index in [1.54, 1.807) is 30.5 Å². The Morgan fingerprint density at radius 2 is 1.93 bits per heavy atom. The van der Waals surface area contributed by atoms with E-state index in [1.807, 2.05) is 31.2 Å². The average molecular weight is 398 g/mol. The van der Waals surface area contributed by atoms with E-state index in [0.717, 1.165) is 18.5 Å². The molecular weight excluding hydrogens is 376 g/mol. The van der Waals surface area contributed by atoms with E-state index >= 15 is 0 Å². The number of sulfonamides is 1. The molecule has 0 unspecified atom stereocenters. The zero-order chi connectivity index (χ0) is 19.6. The van der Waals surface area contributed by atoms with Crippen LogP contribution in [0.3, 0.4) is 0 Å². The molecule has 0 bridgehead atoms. The highest BCUT2D eigenvalue weighted by Gasteiger charge is 2.32. The molecule has 2 aromatic heterocycles. The summed E-state index contributed by atoms with van der Waals surface area (Å²) in [6.07, 6.45) is 4.90. The number of rotatable bonds is 7. The van der Waals surface area contributed by atoms with Crippen molar-refractivity contribution in [2.75, 3.05) is 16.2 Å². The van der Waals surface area contributed by atoms with Crippen molar-refractivity contribution in [3.05, 3.63) is 66.7 Å². The van der Waals surface area contributed by atoms with Crippen LogP contribution in [0.1, 0.15) is 31.4 Å². The molecule has 0 aliphatic heterocycles. The molecule has 2 heterocycles. The van der Waals surface area contributed by atoms with E-state index in [0.29, 0.717) is 30.0 Å². The second-order valence-corrected chi connectivity index (χ2v) is 8.68. The minimum atomic E-state index is -3.66. The van der Waals surface area contributed by atoms with Crippen LogP contribution < -0.4 is 9.62 Å². The van der Waals surface area contributed by atoms with Crippen molar-refractivity contribution in [3.8, 4) is 0 Å². The molecule has 0 radical (unpaired) electrons. The van der Waals surface area contributed by atoms with Crippen LogP contribution in [-0.4, -0.2) is 31.1 Å². The predicted octanol–water partition coefficient (Wildman–Crippen LogP) is 3.64. The smallest absolute Gasteiger partial charge is 0.265 e. The van der Waals surface area contributed by atoms with Crippen molar-refractivity contribution in [1.82, 2.24) is 10.1 Å². The molecule has 0 amide bonds. The summed E-state index contributed by atoms with van der Waals surface area (Å²) in [4.78, 5) is 4.49. The summed E-state index contributed by atoms with van der Waals surface area (Å²) in [6.45, 7) is 2.16. The Labute approximate surface area is 164 Å². The van der Waals surface area contributed by atoms with E-state index in [1.165, 1.54) is 10.5 Å². The quantitative estimate of drug-likeness (QED) is 0.654. The first kappa shape index (κ1) is 18.5. The summed E-state index contributed by atoms with van der Waals surface area (Å²) in [5.41, 5.74) is 1.62. The molecule has 0 atom stereocenters. The SMILES string of the molecule is CCN(c1ccccc1)S(=O)(=O)c1ccc(NC2CC(c3ccon3)C2)nc1. The second-order valence-electron chi connectivity index (χ2n) is 6.82. The topological polar surface area (TPSA) is 88.3 Å². The Hall–Kier alpha value is -2.87. The summed E-state index contributed by atoms with van der Waals surface area (Å²) < 4.78 is 32.2. The summed E-state index contributed by atoms with van der Waals surface area (Å²) >= 11 is 0. The lowest BCUT2D eigenvalue weighted by Crippen LogP contribution is -2.34. The molecule has 8 heteroatoms. The zero-order valence-electron chi connectivity index (χ0n) is 15.5. The van der Waals surface area contributed by atoms with E-state index in [4.69, 9.17) is 4.52 Å². The molecule has 1 aromatic carbocycles. The number of anilines is 2. The number of nitrogens with zero attached hydrogens (tertiary/aromatic N) is 3. The van der Waals surface area contributed by atoms with E-state index in [-0.39, 0.29) is 4.90 Å². The van der Waals surface area contributed by atoms with Crippen LogP contribution in [-0.2, 0) is 10.0 Å². The van der Waals surface area contributed by atoms with E-state index < -0.39 is 10.0 Å². The molecule has 1 fully saturated rings. The van der Waals surface area contributed by atoms with Crippen LogP contribution in [0.15, 0.2) is 70.4 Å². The van der Waals surface area contributed by atoms with Crippen LogP contribution in [0.25, 0.3) is 0 Å². The first-order valence-electron chi connectivity index (χ1n) is 9.28. The molecule has 146 valence electrons.